The van der Waals surface area contributed by atoms with Crippen LogP contribution in [-0.4, -0.2) is 25.8 Å². The lowest BCUT2D eigenvalue weighted by atomic mass is 9.89. The Labute approximate surface area is 100 Å². The molecule has 2 heteroatoms. The van der Waals surface area contributed by atoms with Crippen LogP contribution in [0.15, 0.2) is 0 Å². The third kappa shape index (κ3) is 4.42. The van der Waals surface area contributed by atoms with Crippen molar-refractivity contribution in [2.24, 2.45) is 5.92 Å². The summed E-state index contributed by atoms with van der Waals surface area (Å²) in [5.74, 6) is 0.945. The van der Waals surface area contributed by atoms with Gasteiger partial charge in [0.05, 0.1) is 12.7 Å². The highest BCUT2D eigenvalue weighted by Crippen LogP contribution is 2.23. The fourth-order valence-electron chi connectivity index (χ4n) is 3.05. The zero-order valence-corrected chi connectivity index (χ0v) is 10.5. The zero-order chi connectivity index (χ0) is 11.1. The second kappa shape index (κ2) is 7.29. The summed E-state index contributed by atoms with van der Waals surface area (Å²) < 4.78 is 5.83. The Morgan fingerprint density at radius 3 is 2.31 bits per heavy atom. The molecule has 2 saturated carbocycles. The number of ether oxygens (including phenoxy) is 1. The average molecular weight is 225 g/mol. The molecule has 0 heterocycles. The van der Waals surface area contributed by atoms with Gasteiger partial charge in [0.2, 0.25) is 0 Å². The normalized spacial score (nSPS) is 24.0. The van der Waals surface area contributed by atoms with Crippen LogP contribution in [0.4, 0.5) is 0 Å². The van der Waals surface area contributed by atoms with E-state index in [4.69, 9.17) is 4.74 Å². The van der Waals surface area contributed by atoms with Gasteiger partial charge >= 0.3 is 0 Å². The molecule has 16 heavy (non-hydrogen) atoms. The summed E-state index contributed by atoms with van der Waals surface area (Å²) in [6.07, 6.45) is 13.2. The maximum atomic E-state index is 5.83. The molecule has 0 radical (unpaired) electrons. The van der Waals surface area contributed by atoms with Crippen molar-refractivity contribution in [2.75, 3.05) is 19.7 Å². The summed E-state index contributed by atoms with van der Waals surface area (Å²) in [4.78, 5) is 0. The first-order chi connectivity index (χ1) is 7.95. The van der Waals surface area contributed by atoms with Crippen molar-refractivity contribution in [2.45, 2.75) is 63.9 Å². The predicted molar refractivity (Wildman–Crippen MR) is 67.7 cm³/mol. The maximum absolute atomic E-state index is 5.83. The zero-order valence-electron chi connectivity index (χ0n) is 10.5. The maximum Gasteiger partial charge on any atom is 0.0594 e. The first-order valence-electron chi connectivity index (χ1n) is 7.27. The smallest absolute Gasteiger partial charge is 0.0594 e. The van der Waals surface area contributed by atoms with Crippen molar-refractivity contribution in [3.63, 3.8) is 0 Å². The Morgan fingerprint density at radius 2 is 1.56 bits per heavy atom. The molecule has 1 N–H and O–H groups in total. The molecule has 2 nitrogen and oxygen atoms in total. The number of rotatable bonds is 6. The van der Waals surface area contributed by atoms with Crippen LogP contribution in [0.2, 0.25) is 0 Å². The molecule has 0 aromatic carbocycles. The molecule has 0 aromatic rings. The Balaban J connectivity index is 1.42. The fourth-order valence-corrected chi connectivity index (χ4v) is 3.05. The second-order valence-corrected chi connectivity index (χ2v) is 5.49. The van der Waals surface area contributed by atoms with E-state index < -0.39 is 0 Å². The standard InChI is InChI=1S/C14H27NO/c1-2-6-13(7-3-1)12-15-10-11-16-14-8-4-5-9-14/h13-15H,1-12H2. The molecular weight excluding hydrogens is 198 g/mol. The van der Waals surface area contributed by atoms with Crippen molar-refractivity contribution in [1.82, 2.24) is 5.32 Å². The van der Waals surface area contributed by atoms with E-state index in [0.717, 1.165) is 19.1 Å². The van der Waals surface area contributed by atoms with Crippen molar-refractivity contribution in [3.05, 3.63) is 0 Å². The number of nitrogens with one attached hydrogen (secondary N) is 1. The minimum absolute atomic E-state index is 0.580. The van der Waals surface area contributed by atoms with Crippen LogP contribution in [0, 0.1) is 5.92 Å². The van der Waals surface area contributed by atoms with Gasteiger partial charge in [-0.1, -0.05) is 32.1 Å². The quantitative estimate of drug-likeness (QED) is 0.701. The van der Waals surface area contributed by atoms with Crippen LogP contribution >= 0.6 is 0 Å². The second-order valence-electron chi connectivity index (χ2n) is 5.49. The molecule has 2 rings (SSSR count). The molecule has 0 aromatic heterocycles. The van der Waals surface area contributed by atoms with E-state index in [2.05, 4.69) is 5.32 Å². The Hall–Kier alpha value is -0.0800. The van der Waals surface area contributed by atoms with Gasteiger partial charge in [-0.15, -0.1) is 0 Å². The van der Waals surface area contributed by atoms with Crippen molar-refractivity contribution >= 4 is 0 Å². The molecule has 2 aliphatic rings. The van der Waals surface area contributed by atoms with Crippen molar-refractivity contribution in [3.8, 4) is 0 Å². The third-order valence-electron chi connectivity index (χ3n) is 4.09. The van der Waals surface area contributed by atoms with Gasteiger partial charge in [-0.25, -0.2) is 0 Å². The van der Waals surface area contributed by atoms with Crippen LogP contribution in [0.1, 0.15) is 57.8 Å². The van der Waals surface area contributed by atoms with Crippen molar-refractivity contribution in [1.29, 1.82) is 0 Å². The van der Waals surface area contributed by atoms with Crippen molar-refractivity contribution < 1.29 is 4.74 Å². The minimum Gasteiger partial charge on any atom is -0.377 e. The largest absolute Gasteiger partial charge is 0.377 e. The van der Waals surface area contributed by atoms with Crippen LogP contribution in [0.5, 0.6) is 0 Å². The van der Waals surface area contributed by atoms with E-state index in [0.29, 0.717) is 6.10 Å². The highest BCUT2D eigenvalue weighted by molar-refractivity contribution is 4.69. The van der Waals surface area contributed by atoms with E-state index in [1.54, 1.807) is 0 Å². The van der Waals surface area contributed by atoms with Crippen LogP contribution in [-0.2, 0) is 4.74 Å². The topological polar surface area (TPSA) is 21.3 Å². The number of hydrogen-bond donors (Lipinski definition) is 1. The monoisotopic (exact) mass is 225 g/mol. The highest BCUT2D eigenvalue weighted by atomic mass is 16.5. The van der Waals surface area contributed by atoms with Gasteiger partial charge in [-0.3, -0.25) is 0 Å². The fraction of sp³-hybridized carbons (Fsp3) is 1.00. The number of hydrogen-bond acceptors (Lipinski definition) is 2. The molecule has 0 atom stereocenters. The Morgan fingerprint density at radius 1 is 0.875 bits per heavy atom. The van der Waals surface area contributed by atoms with Gasteiger partial charge in [0, 0.05) is 6.54 Å². The molecule has 0 amide bonds. The summed E-state index contributed by atoms with van der Waals surface area (Å²) in [5, 5.41) is 3.55. The first-order valence-corrected chi connectivity index (χ1v) is 7.27. The lowest BCUT2D eigenvalue weighted by Gasteiger charge is -2.22. The Bertz CT molecular complexity index is 172. The third-order valence-corrected chi connectivity index (χ3v) is 4.09. The molecule has 2 fully saturated rings. The van der Waals surface area contributed by atoms with Gasteiger partial charge in [0.25, 0.3) is 0 Å². The minimum atomic E-state index is 0.580. The van der Waals surface area contributed by atoms with Gasteiger partial charge in [-0.05, 0) is 38.1 Å². The molecular formula is C14H27NO. The molecule has 0 unspecified atom stereocenters. The highest BCUT2D eigenvalue weighted by Gasteiger charge is 2.15. The Kier molecular flexibility index (Phi) is 5.64. The summed E-state index contributed by atoms with van der Waals surface area (Å²) in [6, 6.07) is 0. The van der Waals surface area contributed by atoms with E-state index >= 15 is 0 Å². The SMILES string of the molecule is C1CCC(CNCCOC2CCCC2)CC1. The molecule has 2 aliphatic carbocycles. The van der Waals surface area contributed by atoms with Gasteiger partial charge in [0.1, 0.15) is 0 Å². The van der Waals surface area contributed by atoms with E-state index in [1.165, 1.54) is 64.3 Å². The average Bonchev–Trinajstić information content (AvgIpc) is 2.83. The first kappa shape index (κ1) is 12.4. The summed E-state index contributed by atoms with van der Waals surface area (Å²) in [7, 11) is 0. The van der Waals surface area contributed by atoms with E-state index in [-0.39, 0.29) is 0 Å². The predicted octanol–water partition coefficient (Wildman–Crippen LogP) is 3.12. The van der Waals surface area contributed by atoms with Gasteiger partial charge in [0.15, 0.2) is 0 Å². The van der Waals surface area contributed by atoms with E-state index in [1.807, 2.05) is 0 Å². The summed E-state index contributed by atoms with van der Waals surface area (Å²) in [5.41, 5.74) is 0. The van der Waals surface area contributed by atoms with Gasteiger partial charge < -0.3 is 10.1 Å². The summed E-state index contributed by atoms with van der Waals surface area (Å²) in [6.45, 7) is 3.18. The van der Waals surface area contributed by atoms with Crippen LogP contribution in [0.25, 0.3) is 0 Å². The lowest BCUT2D eigenvalue weighted by Crippen LogP contribution is -2.28. The summed E-state index contributed by atoms with van der Waals surface area (Å²) >= 11 is 0. The molecule has 94 valence electrons. The lowest BCUT2D eigenvalue weighted by molar-refractivity contribution is 0.0598. The molecule has 0 aliphatic heterocycles. The molecule has 0 bridgehead atoms. The molecule has 0 spiro atoms. The van der Waals surface area contributed by atoms with Crippen LogP contribution < -0.4 is 5.32 Å². The molecule has 0 saturated heterocycles. The van der Waals surface area contributed by atoms with Gasteiger partial charge in [-0.2, -0.15) is 0 Å². The van der Waals surface area contributed by atoms with Crippen LogP contribution in [0.3, 0.4) is 0 Å². The van der Waals surface area contributed by atoms with E-state index in [9.17, 15) is 0 Å².